The number of carboxylic acid groups (broad SMARTS) is 1. The van der Waals surface area contributed by atoms with Crippen molar-refractivity contribution in [2.24, 2.45) is 0 Å². The van der Waals surface area contributed by atoms with Crippen LogP contribution in [0.4, 0.5) is 8.78 Å². The second-order valence-electron chi connectivity index (χ2n) is 5.17. The van der Waals surface area contributed by atoms with Crippen LogP contribution in [-0.4, -0.2) is 34.5 Å². The van der Waals surface area contributed by atoms with E-state index in [9.17, 15) is 18.4 Å². The number of carbonyl (C=O) groups is 2. The lowest BCUT2D eigenvalue weighted by molar-refractivity contribution is -0.137. The molecule has 0 aliphatic heterocycles. The van der Waals surface area contributed by atoms with Crippen LogP contribution in [-0.2, 0) is 4.79 Å². The molecule has 0 spiro atoms. The fraction of sp³-hybridized carbons (Fsp3) is 0.467. The van der Waals surface area contributed by atoms with Gasteiger partial charge in [0.2, 0.25) is 0 Å². The molecule has 0 saturated carbocycles. The van der Waals surface area contributed by atoms with Crippen molar-refractivity contribution in [1.82, 2.24) is 4.90 Å². The largest absolute Gasteiger partial charge is 0.481 e. The van der Waals surface area contributed by atoms with Crippen molar-refractivity contribution in [3.63, 3.8) is 0 Å². The Morgan fingerprint density at radius 1 is 1.24 bits per heavy atom. The summed E-state index contributed by atoms with van der Waals surface area (Å²) in [6.07, 6.45) is 0.211. The highest BCUT2D eigenvalue weighted by Crippen LogP contribution is 2.18. The minimum Gasteiger partial charge on any atom is -0.481 e. The van der Waals surface area contributed by atoms with Crippen LogP contribution in [0.15, 0.2) is 12.1 Å². The van der Waals surface area contributed by atoms with Crippen LogP contribution in [0.2, 0.25) is 0 Å². The van der Waals surface area contributed by atoms with E-state index in [1.165, 1.54) is 17.9 Å². The van der Waals surface area contributed by atoms with Gasteiger partial charge in [-0.3, -0.25) is 9.59 Å². The molecule has 0 aliphatic carbocycles. The number of carboxylic acids is 1. The average molecular weight is 299 g/mol. The Kier molecular flexibility index (Phi) is 5.81. The van der Waals surface area contributed by atoms with E-state index in [1.54, 1.807) is 13.8 Å². The van der Waals surface area contributed by atoms with E-state index in [1.807, 2.05) is 0 Å². The molecule has 0 atom stereocenters. The number of carbonyl (C=O) groups excluding carboxylic acids is 1. The molecule has 0 fully saturated rings. The van der Waals surface area contributed by atoms with Crippen molar-refractivity contribution >= 4 is 11.9 Å². The number of benzene rings is 1. The third-order valence-corrected chi connectivity index (χ3v) is 3.15. The predicted molar refractivity (Wildman–Crippen MR) is 74.1 cm³/mol. The molecule has 0 heterocycles. The number of hydrogen-bond donors (Lipinski definition) is 1. The Labute approximate surface area is 122 Å². The van der Waals surface area contributed by atoms with Gasteiger partial charge in [-0.05, 0) is 38.8 Å². The third-order valence-electron chi connectivity index (χ3n) is 3.15. The van der Waals surface area contributed by atoms with Crippen molar-refractivity contribution in [1.29, 1.82) is 0 Å². The third kappa shape index (κ3) is 4.51. The molecule has 0 unspecified atom stereocenters. The van der Waals surface area contributed by atoms with Crippen LogP contribution < -0.4 is 0 Å². The quantitative estimate of drug-likeness (QED) is 0.878. The Morgan fingerprint density at radius 2 is 1.86 bits per heavy atom. The Morgan fingerprint density at radius 3 is 2.38 bits per heavy atom. The summed E-state index contributed by atoms with van der Waals surface area (Å²) in [5.41, 5.74) is -0.00748. The van der Waals surface area contributed by atoms with Crippen molar-refractivity contribution in [3.05, 3.63) is 34.9 Å². The molecule has 4 nitrogen and oxygen atoms in total. The minimum absolute atomic E-state index is 0.0680. The SMILES string of the molecule is Cc1cc(C(=O)N(CCCC(=O)O)C(C)C)c(F)cc1F. The molecule has 0 radical (unpaired) electrons. The van der Waals surface area contributed by atoms with E-state index in [0.29, 0.717) is 6.07 Å². The molecule has 116 valence electrons. The first-order valence-corrected chi connectivity index (χ1v) is 6.72. The molecule has 1 rings (SSSR count). The summed E-state index contributed by atoms with van der Waals surface area (Å²) in [5, 5.41) is 8.63. The number of halogens is 2. The molecular formula is C15H19F2NO3. The van der Waals surface area contributed by atoms with Crippen LogP contribution in [0, 0.1) is 18.6 Å². The molecule has 1 amide bonds. The lowest BCUT2D eigenvalue weighted by Gasteiger charge is -2.27. The second-order valence-corrected chi connectivity index (χ2v) is 5.17. The van der Waals surface area contributed by atoms with E-state index in [2.05, 4.69) is 0 Å². The number of amides is 1. The van der Waals surface area contributed by atoms with Gasteiger partial charge < -0.3 is 10.0 Å². The first-order chi connectivity index (χ1) is 9.73. The highest BCUT2D eigenvalue weighted by Gasteiger charge is 2.22. The Bertz CT molecular complexity index is 544. The summed E-state index contributed by atoms with van der Waals surface area (Å²) in [6.45, 7) is 5.17. The molecule has 6 heteroatoms. The van der Waals surface area contributed by atoms with Gasteiger partial charge in [0.25, 0.3) is 5.91 Å². The van der Waals surface area contributed by atoms with E-state index in [0.717, 1.165) is 0 Å². The summed E-state index contributed by atoms with van der Waals surface area (Å²) in [7, 11) is 0. The second kappa shape index (κ2) is 7.15. The molecule has 21 heavy (non-hydrogen) atoms. The first kappa shape index (κ1) is 17.1. The zero-order valence-electron chi connectivity index (χ0n) is 12.3. The summed E-state index contributed by atoms with van der Waals surface area (Å²) in [6, 6.07) is 1.66. The van der Waals surface area contributed by atoms with Crippen molar-refractivity contribution in [2.45, 2.75) is 39.7 Å². The van der Waals surface area contributed by atoms with Gasteiger partial charge in [-0.25, -0.2) is 8.78 Å². The molecule has 0 bridgehead atoms. The average Bonchev–Trinajstić information content (AvgIpc) is 2.37. The predicted octanol–water partition coefficient (Wildman–Crippen LogP) is 2.99. The zero-order valence-corrected chi connectivity index (χ0v) is 12.3. The smallest absolute Gasteiger partial charge is 0.303 e. The molecule has 1 N–H and O–H groups in total. The molecule has 0 aromatic heterocycles. The van der Waals surface area contributed by atoms with Crippen LogP contribution in [0.25, 0.3) is 0 Å². The van der Waals surface area contributed by atoms with Gasteiger partial charge in [0.1, 0.15) is 11.6 Å². The topological polar surface area (TPSA) is 57.6 Å². The van der Waals surface area contributed by atoms with Crippen LogP contribution in [0.1, 0.15) is 42.6 Å². The highest BCUT2D eigenvalue weighted by molar-refractivity contribution is 5.95. The maximum absolute atomic E-state index is 13.8. The van der Waals surface area contributed by atoms with Crippen LogP contribution in [0.3, 0.4) is 0 Å². The molecular weight excluding hydrogens is 280 g/mol. The number of rotatable bonds is 6. The first-order valence-electron chi connectivity index (χ1n) is 6.72. The van der Waals surface area contributed by atoms with E-state index in [-0.39, 0.29) is 36.6 Å². The standard InChI is InChI=1S/C15H19F2NO3/c1-9(2)18(6-4-5-14(19)20)15(21)11-7-10(3)12(16)8-13(11)17/h7-9H,4-6H2,1-3H3,(H,19,20). The van der Waals surface area contributed by atoms with Gasteiger partial charge in [-0.2, -0.15) is 0 Å². The lowest BCUT2D eigenvalue weighted by atomic mass is 10.1. The van der Waals surface area contributed by atoms with Crippen molar-refractivity contribution in [3.8, 4) is 0 Å². The molecule has 0 aliphatic rings. The Balaban J connectivity index is 2.96. The maximum atomic E-state index is 13.8. The monoisotopic (exact) mass is 299 g/mol. The van der Waals surface area contributed by atoms with E-state index < -0.39 is 23.5 Å². The maximum Gasteiger partial charge on any atom is 0.303 e. The van der Waals surface area contributed by atoms with Gasteiger partial charge in [-0.15, -0.1) is 0 Å². The zero-order chi connectivity index (χ0) is 16.2. The van der Waals surface area contributed by atoms with Gasteiger partial charge in [-0.1, -0.05) is 0 Å². The highest BCUT2D eigenvalue weighted by atomic mass is 19.1. The van der Waals surface area contributed by atoms with E-state index in [4.69, 9.17) is 5.11 Å². The fourth-order valence-corrected chi connectivity index (χ4v) is 1.97. The number of hydrogen-bond acceptors (Lipinski definition) is 2. The number of nitrogens with zero attached hydrogens (tertiary/aromatic N) is 1. The Hall–Kier alpha value is -1.98. The minimum atomic E-state index is -0.949. The number of aryl methyl sites for hydroxylation is 1. The van der Waals surface area contributed by atoms with Gasteiger partial charge in [0.15, 0.2) is 0 Å². The van der Waals surface area contributed by atoms with Gasteiger partial charge >= 0.3 is 5.97 Å². The normalized spacial score (nSPS) is 10.8. The van der Waals surface area contributed by atoms with Gasteiger partial charge in [0.05, 0.1) is 5.56 Å². The summed E-state index contributed by atoms with van der Waals surface area (Å²) >= 11 is 0. The van der Waals surface area contributed by atoms with E-state index >= 15 is 0 Å². The molecule has 1 aromatic carbocycles. The van der Waals surface area contributed by atoms with Gasteiger partial charge in [0, 0.05) is 25.1 Å². The summed E-state index contributed by atoms with van der Waals surface area (Å²) in [5.74, 6) is -3.12. The molecule has 0 saturated heterocycles. The van der Waals surface area contributed by atoms with Crippen LogP contribution >= 0.6 is 0 Å². The van der Waals surface area contributed by atoms with Crippen molar-refractivity contribution in [2.75, 3.05) is 6.54 Å². The molecule has 1 aromatic rings. The summed E-state index contributed by atoms with van der Waals surface area (Å²) in [4.78, 5) is 24.3. The fourth-order valence-electron chi connectivity index (χ4n) is 1.97. The van der Waals surface area contributed by atoms with Crippen molar-refractivity contribution < 1.29 is 23.5 Å². The summed E-state index contributed by atoms with van der Waals surface area (Å²) < 4.78 is 27.0. The lowest BCUT2D eigenvalue weighted by Crippen LogP contribution is -2.38. The van der Waals surface area contributed by atoms with Crippen LogP contribution in [0.5, 0.6) is 0 Å². The number of aliphatic carboxylic acids is 1.